The van der Waals surface area contributed by atoms with Crippen molar-refractivity contribution in [2.24, 2.45) is 17.8 Å². The molecule has 1 aromatic carbocycles. The number of phenolic OH excluding ortho intramolecular Hbond substituents is 1. The molecule has 4 N–H and O–H groups in total. The van der Waals surface area contributed by atoms with Gasteiger partial charge < -0.3 is 26.0 Å². The van der Waals surface area contributed by atoms with Crippen molar-refractivity contribution in [1.29, 1.82) is 0 Å². The van der Waals surface area contributed by atoms with E-state index < -0.39 is 0 Å². The SMILES string of the molecule is Nc1nnc(-c2ccccc2O)cc1N1CC2CCC(C1)C2CN1CCNCC1. The minimum atomic E-state index is 0.215. The van der Waals surface area contributed by atoms with Crippen molar-refractivity contribution in [3.63, 3.8) is 0 Å². The number of nitrogens with one attached hydrogen (secondary N) is 1. The molecule has 2 unspecified atom stereocenters. The number of phenols is 1. The van der Waals surface area contributed by atoms with E-state index in [2.05, 4.69) is 25.3 Å². The molecule has 1 saturated carbocycles. The molecule has 0 spiro atoms. The van der Waals surface area contributed by atoms with Gasteiger partial charge in [-0.05, 0) is 48.8 Å². The highest BCUT2D eigenvalue weighted by Crippen LogP contribution is 2.44. The summed E-state index contributed by atoms with van der Waals surface area (Å²) in [5.74, 6) is 2.91. The number of anilines is 2. The van der Waals surface area contributed by atoms with Crippen LogP contribution in [-0.2, 0) is 0 Å². The molecule has 2 saturated heterocycles. The van der Waals surface area contributed by atoms with Crippen LogP contribution in [0, 0.1) is 17.8 Å². The van der Waals surface area contributed by atoms with Crippen LogP contribution in [0.2, 0.25) is 0 Å². The Hall–Kier alpha value is -2.38. The molecule has 154 valence electrons. The Morgan fingerprint density at radius 2 is 1.79 bits per heavy atom. The Balaban J connectivity index is 1.35. The molecule has 3 aliphatic rings. The quantitative estimate of drug-likeness (QED) is 0.728. The topological polar surface area (TPSA) is 90.5 Å². The summed E-state index contributed by atoms with van der Waals surface area (Å²) >= 11 is 0. The van der Waals surface area contributed by atoms with Gasteiger partial charge in [-0.15, -0.1) is 10.2 Å². The van der Waals surface area contributed by atoms with Crippen molar-refractivity contribution < 1.29 is 5.11 Å². The van der Waals surface area contributed by atoms with E-state index >= 15 is 0 Å². The maximum absolute atomic E-state index is 10.2. The van der Waals surface area contributed by atoms with Crippen LogP contribution < -0.4 is 16.0 Å². The number of nitrogens with two attached hydrogens (primary N) is 1. The fourth-order valence-electron chi connectivity index (χ4n) is 5.49. The first kappa shape index (κ1) is 18.6. The number of piperidine rings is 1. The van der Waals surface area contributed by atoms with Gasteiger partial charge in [-0.25, -0.2) is 0 Å². The Labute approximate surface area is 171 Å². The van der Waals surface area contributed by atoms with Crippen molar-refractivity contribution in [2.75, 3.05) is 56.4 Å². The molecule has 5 rings (SSSR count). The molecule has 2 aromatic rings. The Morgan fingerprint density at radius 1 is 1.07 bits per heavy atom. The van der Waals surface area contributed by atoms with E-state index in [1.165, 1.54) is 32.5 Å². The number of nitrogens with zero attached hydrogens (tertiary/aromatic N) is 4. The number of rotatable bonds is 4. The number of piperazine rings is 1. The number of fused-ring (bicyclic) bond motifs is 2. The van der Waals surface area contributed by atoms with Crippen LogP contribution >= 0.6 is 0 Å². The highest BCUT2D eigenvalue weighted by Gasteiger charge is 2.43. The molecule has 0 radical (unpaired) electrons. The molecule has 2 aliphatic heterocycles. The van der Waals surface area contributed by atoms with E-state index in [-0.39, 0.29) is 5.75 Å². The zero-order valence-electron chi connectivity index (χ0n) is 16.8. The number of aromatic nitrogens is 2. The van der Waals surface area contributed by atoms with Crippen LogP contribution in [0.5, 0.6) is 5.75 Å². The first-order valence-electron chi connectivity index (χ1n) is 10.8. The van der Waals surface area contributed by atoms with Crippen molar-refractivity contribution in [3.8, 4) is 17.0 Å². The molecule has 29 heavy (non-hydrogen) atoms. The summed E-state index contributed by atoms with van der Waals surface area (Å²) in [6.07, 6.45) is 2.62. The maximum Gasteiger partial charge on any atom is 0.169 e. The Bertz CT molecular complexity index is 854. The Morgan fingerprint density at radius 3 is 2.52 bits per heavy atom. The molecule has 7 heteroatoms. The largest absolute Gasteiger partial charge is 0.507 e. The van der Waals surface area contributed by atoms with Gasteiger partial charge in [-0.2, -0.15) is 0 Å². The van der Waals surface area contributed by atoms with E-state index in [1.54, 1.807) is 6.07 Å². The van der Waals surface area contributed by atoms with Crippen molar-refractivity contribution >= 4 is 11.5 Å². The third-order valence-corrected chi connectivity index (χ3v) is 7.03. The first-order chi connectivity index (χ1) is 14.2. The molecule has 3 heterocycles. The van der Waals surface area contributed by atoms with Gasteiger partial charge in [-0.3, -0.25) is 0 Å². The van der Waals surface area contributed by atoms with E-state index in [4.69, 9.17) is 5.73 Å². The fraction of sp³-hybridized carbons (Fsp3) is 0.545. The first-order valence-corrected chi connectivity index (χ1v) is 10.8. The molecule has 1 aromatic heterocycles. The van der Waals surface area contributed by atoms with Gasteiger partial charge in [0.15, 0.2) is 5.82 Å². The van der Waals surface area contributed by atoms with Crippen LogP contribution in [0.25, 0.3) is 11.3 Å². The summed E-state index contributed by atoms with van der Waals surface area (Å²) in [6, 6.07) is 9.24. The minimum absolute atomic E-state index is 0.215. The normalized spacial score (nSPS) is 27.3. The second-order valence-corrected chi connectivity index (χ2v) is 8.73. The third kappa shape index (κ3) is 3.65. The lowest BCUT2D eigenvalue weighted by atomic mass is 9.84. The van der Waals surface area contributed by atoms with E-state index in [0.717, 1.165) is 37.8 Å². The van der Waals surface area contributed by atoms with Crippen molar-refractivity contribution in [3.05, 3.63) is 30.3 Å². The van der Waals surface area contributed by atoms with Gasteiger partial charge in [0.1, 0.15) is 5.75 Å². The van der Waals surface area contributed by atoms with Crippen LogP contribution in [0.15, 0.2) is 30.3 Å². The number of para-hydroxylation sites is 1. The zero-order valence-corrected chi connectivity index (χ0v) is 16.8. The number of benzene rings is 1. The van der Waals surface area contributed by atoms with Gasteiger partial charge in [0.25, 0.3) is 0 Å². The predicted molar refractivity (Wildman–Crippen MR) is 115 cm³/mol. The van der Waals surface area contributed by atoms with Crippen LogP contribution in [-0.4, -0.2) is 66.0 Å². The summed E-state index contributed by atoms with van der Waals surface area (Å²) in [5.41, 5.74) is 8.55. The maximum atomic E-state index is 10.2. The van der Waals surface area contributed by atoms with Gasteiger partial charge in [0.05, 0.1) is 11.4 Å². The van der Waals surface area contributed by atoms with E-state index in [0.29, 0.717) is 28.9 Å². The predicted octanol–water partition coefficient (Wildman–Crippen LogP) is 1.80. The van der Waals surface area contributed by atoms with E-state index in [9.17, 15) is 5.11 Å². The standard InChI is InChI=1S/C22H30N6O/c23-22-20(11-19(25-26-22)17-3-1-2-4-21(17)29)28-12-15-5-6-16(13-28)18(15)14-27-9-7-24-8-10-27/h1-4,11,15-16,18,24,29H,5-10,12-14H2,(H2,23,26). The number of nitrogen functional groups attached to an aromatic ring is 1. The van der Waals surface area contributed by atoms with Gasteiger partial charge in [-0.1, -0.05) is 12.1 Å². The van der Waals surface area contributed by atoms with Gasteiger partial charge in [0.2, 0.25) is 0 Å². The average molecular weight is 395 g/mol. The minimum Gasteiger partial charge on any atom is -0.507 e. The van der Waals surface area contributed by atoms with Crippen LogP contribution in [0.3, 0.4) is 0 Å². The molecule has 3 fully saturated rings. The van der Waals surface area contributed by atoms with Gasteiger partial charge >= 0.3 is 0 Å². The molecular formula is C22H30N6O. The molecular weight excluding hydrogens is 364 g/mol. The smallest absolute Gasteiger partial charge is 0.169 e. The van der Waals surface area contributed by atoms with Crippen LogP contribution in [0.4, 0.5) is 11.5 Å². The van der Waals surface area contributed by atoms with Gasteiger partial charge in [0, 0.05) is 51.4 Å². The van der Waals surface area contributed by atoms with Crippen LogP contribution in [0.1, 0.15) is 12.8 Å². The zero-order chi connectivity index (χ0) is 19.8. The summed E-state index contributed by atoms with van der Waals surface area (Å²) in [7, 11) is 0. The summed E-state index contributed by atoms with van der Waals surface area (Å²) in [6.45, 7) is 7.87. The highest BCUT2D eigenvalue weighted by atomic mass is 16.3. The lowest BCUT2D eigenvalue weighted by molar-refractivity contribution is 0.150. The molecule has 2 atom stereocenters. The second kappa shape index (κ2) is 7.80. The molecule has 7 nitrogen and oxygen atoms in total. The monoisotopic (exact) mass is 394 g/mol. The molecule has 1 aliphatic carbocycles. The molecule has 0 amide bonds. The van der Waals surface area contributed by atoms with E-state index in [1.807, 2.05) is 24.3 Å². The Kier molecular flexibility index (Phi) is 5.01. The lowest BCUT2D eigenvalue weighted by Gasteiger charge is -2.42. The highest BCUT2D eigenvalue weighted by molar-refractivity contribution is 5.74. The number of hydrogen-bond acceptors (Lipinski definition) is 7. The number of aromatic hydroxyl groups is 1. The average Bonchev–Trinajstić information content (AvgIpc) is 2.97. The molecule has 2 bridgehead atoms. The summed E-state index contributed by atoms with van der Waals surface area (Å²) in [5, 5.41) is 22.1. The second-order valence-electron chi connectivity index (χ2n) is 8.73. The lowest BCUT2D eigenvalue weighted by Crippen LogP contribution is -2.50. The fourth-order valence-corrected chi connectivity index (χ4v) is 5.49. The van der Waals surface area contributed by atoms with Crippen molar-refractivity contribution in [1.82, 2.24) is 20.4 Å². The summed E-state index contributed by atoms with van der Waals surface area (Å²) in [4.78, 5) is 5.05. The van der Waals surface area contributed by atoms with Crippen molar-refractivity contribution in [2.45, 2.75) is 12.8 Å². The summed E-state index contributed by atoms with van der Waals surface area (Å²) < 4.78 is 0. The third-order valence-electron chi connectivity index (χ3n) is 7.03. The number of hydrogen-bond donors (Lipinski definition) is 3.